The van der Waals surface area contributed by atoms with Gasteiger partial charge in [-0.25, -0.2) is 0 Å². The highest BCUT2D eigenvalue weighted by atomic mass is 16.5. The number of anilines is 2. The van der Waals surface area contributed by atoms with E-state index < -0.39 is 11.8 Å². The maximum Gasteiger partial charge on any atom is 0.259 e. The summed E-state index contributed by atoms with van der Waals surface area (Å²) < 4.78 is 5.11. The normalized spacial score (nSPS) is 12.4. The fourth-order valence-electron chi connectivity index (χ4n) is 2.37. The summed E-state index contributed by atoms with van der Waals surface area (Å²) in [6, 6.07) is 11.8. The second-order valence-electron chi connectivity index (χ2n) is 5.18. The summed E-state index contributed by atoms with van der Waals surface area (Å²) in [6.07, 6.45) is 0. The Morgan fingerprint density at radius 1 is 1.04 bits per heavy atom. The number of imide groups is 1. The van der Waals surface area contributed by atoms with Gasteiger partial charge in [0.15, 0.2) is 0 Å². The quantitative estimate of drug-likeness (QED) is 0.726. The molecule has 3 N–H and O–H groups in total. The predicted octanol–water partition coefficient (Wildman–Crippen LogP) is 1.63. The molecule has 1 aliphatic heterocycles. The molecule has 122 valence electrons. The van der Waals surface area contributed by atoms with Crippen molar-refractivity contribution in [2.45, 2.75) is 0 Å². The molecule has 3 amide bonds. The van der Waals surface area contributed by atoms with E-state index in [4.69, 9.17) is 4.74 Å². The van der Waals surface area contributed by atoms with E-state index in [2.05, 4.69) is 16.0 Å². The Hall–Kier alpha value is -3.35. The van der Waals surface area contributed by atoms with Crippen molar-refractivity contribution in [1.29, 1.82) is 0 Å². The number of carbonyl (C=O) groups is 3. The summed E-state index contributed by atoms with van der Waals surface area (Å²) in [6.45, 7) is 0.0510. The molecule has 1 heterocycles. The second kappa shape index (κ2) is 6.41. The Bertz CT molecular complexity index is 832. The number of ether oxygens (including phenoxy) is 1. The van der Waals surface area contributed by atoms with Crippen LogP contribution in [0.2, 0.25) is 0 Å². The van der Waals surface area contributed by atoms with Crippen LogP contribution in [-0.4, -0.2) is 31.4 Å². The number of amides is 3. The third-order valence-corrected chi connectivity index (χ3v) is 3.54. The fourth-order valence-corrected chi connectivity index (χ4v) is 2.37. The lowest BCUT2D eigenvalue weighted by molar-refractivity contribution is -0.114. The standard InChI is InChI=1S/C17H15N3O4/c1-24-12-4-2-3-10(7-12)18-9-15(21)19-11-5-6-13-14(8-11)17(23)20-16(13)22/h2-8,18H,9H2,1H3,(H,19,21)(H,20,22,23). The highest BCUT2D eigenvalue weighted by Crippen LogP contribution is 2.20. The average Bonchev–Trinajstić information content (AvgIpc) is 2.87. The summed E-state index contributed by atoms with van der Waals surface area (Å²) in [5, 5.41) is 7.87. The van der Waals surface area contributed by atoms with Crippen LogP contribution in [0.5, 0.6) is 5.75 Å². The number of nitrogens with one attached hydrogen (secondary N) is 3. The topological polar surface area (TPSA) is 96.5 Å². The molecule has 0 radical (unpaired) electrons. The zero-order chi connectivity index (χ0) is 17.1. The van der Waals surface area contributed by atoms with Crippen LogP contribution < -0.4 is 20.7 Å². The summed E-state index contributed by atoms with van der Waals surface area (Å²) in [4.78, 5) is 35.1. The Morgan fingerprint density at radius 2 is 1.83 bits per heavy atom. The molecule has 0 spiro atoms. The van der Waals surface area contributed by atoms with Crippen LogP contribution in [0.4, 0.5) is 11.4 Å². The Kier molecular flexibility index (Phi) is 4.15. The second-order valence-corrected chi connectivity index (χ2v) is 5.18. The van der Waals surface area contributed by atoms with E-state index in [0.717, 1.165) is 5.69 Å². The highest BCUT2D eigenvalue weighted by Gasteiger charge is 2.26. The molecule has 3 rings (SSSR count). The third-order valence-electron chi connectivity index (χ3n) is 3.54. The average molecular weight is 325 g/mol. The molecule has 0 bridgehead atoms. The van der Waals surface area contributed by atoms with Gasteiger partial charge in [0.25, 0.3) is 11.8 Å². The van der Waals surface area contributed by atoms with Crippen LogP contribution in [-0.2, 0) is 4.79 Å². The maximum atomic E-state index is 12.0. The van der Waals surface area contributed by atoms with E-state index in [-0.39, 0.29) is 18.0 Å². The Morgan fingerprint density at radius 3 is 2.62 bits per heavy atom. The molecule has 0 aromatic heterocycles. The number of fused-ring (bicyclic) bond motifs is 1. The van der Waals surface area contributed by atoms with Gasteiger partial charge in [-0.3, -0.25) is 19.7 Å². The van der Waals surface area contributed by atoms with Gasteiger partial charge in [-0.15, -0.1) is 0 Å². The molecule has 7 heteroatoms. The minimum Gasteiger partial charge on any atom is -0.497 e. The van der Waals surface area contributed by atoms with Gasteiger partial charge in [-0.1, -0.05) is 6.07 Å². The number of carbonyl (C=O) groups excluding carboxylic acids is 3. The largest absolute Gasteiger partial charge is 0.497 e. The van der Waals surface area contributed by atoms with Crippen molar-refractivity contribution >= 4 is 29.1 Å². The zero-order valence-electron chi connectivity index (χ0n) is 12.9. The van der Waals surface area contributed by atoms with E-state index in [9.17, 15) is 14.4 Å². The number of rotatable bonds is 5. The summed E-state index contributed by atoms with van der Waals surface area (Å²) >= 11 is 0. The molecule has 7 nitrogen and oxygen atoms in total. The monoisotopic (exact) mass is 325 g/mol. The van der Waals surface area contributed by atoms with E-state index in [0.29, 0.717) is 17.0 Å². The van der Waals surface area contributed by atoms with Gasteiger partial charge in [0.05, 0.1) is 24.8 Å². The molecule has 0 saturated carbocycles. The summed E-state index contributed by atoms with van der Waals surface area (Å²) in [7, 11) is 1.57. The molecule has 2 aromatic carbocycles. The van der Waals surface area contributed by atoms with Crippen molar-refractivity contribution < 1.29 is 19.1 Å². The lowest BCUT2D eigenvalue weighted by Gasteiger charge is -2.09. The minimum atomic E-state index is -0.458. The first-order chi connectivity index (χ1) is 11.6. The molecule has 1 aliphatic rings. The van der Waals surface area contributed by atoms with E-state index in [1.165, 1.54) is 12.1 Å². The van der Waals surface area contributed by atoms with Crippen LogP contribution in [0.25, 0.3) is 0 Å². The first kappa shape index (κ1) is 15.5. The van der Waals surface area contributed by atoms with Crippen molar-refractivity contribution in [3.63, 3.8) is 0 Å². The highest BCUT2D eigenvalue weighted by molar-refractivity contribution is 6.22. The summed E-state index contributed by atoms with van der Waals surface area (Å²) in [5.74, 6) is -0.467. The number of benzene rings is 2. The number of hydrogen-bond donors (Lipinski definition) is 3. The molecule has 0 aliphatic carbocycles. The lowest BCUT2D eigenvalue weighted by atomic mass is 10.1. The van der Waals surface area contributed by atoms with Crippen molar-refractivity contribution in [1.82, 2.24) is 5.32 Å². The minimum absolute atomic E-state index is 0.0510. The first-order valence-electron chi connectivity index (χ1n) is 7.24. The molecular formula is C17H15N3O4. The molecular weight excluding hydrogens is 310 g/mol. The van der Waals surface area contributed by atoms with E-state index in [1.54, 1.807) is 19.2 Å². The predicted molar refractivity (Wildman–Crippen MR) is 88.4 cm³/mol. The molecule has 0 unspecified atom stereocenters. The van der Waals surface area contributed by atoms with Crippen LogP contribution in [0.1, 0.15) is 20.7 Å². The smallest absolute Gasteiger partial charge is 0.259 e. The van der Waals surface area contributed by atoms with E-state index in [1.807, 2.05) is 18.2 Å². The van der Waals surface area contributed by atoms with E-state index >= 15 is 0 Å². The molecule has 2 aromatic rings. The van der Waals surface area contributed by atoms with Crippen molar-refractivity contribution in [2.24, 2.45) is 0 Å². The zero-order valence-corrected chi connectivity index (χ0v) is 12.9. The molecule has 0 atom stereocenters. The Balaban J connectivity index is 1.62. The van der Waals surface area contributed by atoms with Crippen molar-refractivity contribution in [3.05, 3.63) is 53.6 Å². The van der Waals surface area contributed by atoms with Crippen LogP contribution >= 0.6 is 0 Å². The van der Waals surface area contributed by atoms with Crippen LogP contribution in [0, 0.1) is 0 Å². The lowest BCUT2D eigenvalue weighted by Crippen LogP contribution is -2.22. The molecule has 24 heavy (non-hydrogen) atoms. The van der Waals surface area contributed by atoms with Crippen LogP contribution in [0.3, 0.4) is 0 Å². The first-order valence-corrected chi connectivity index (χ1v) is 7.24. The summed E-state index contributed by atoms with van der Waals surface area (Å²) in [5.41, 5.74) is 1.78. The van der Waals surface area contributed by atoms with Gasteiger partial charge < -0.3 is 15.4 Å². The maximum absolute atomic E-state index is 12.0. The fraction of sp³-hybridized carbons (Fsp3) is 0.118. The van der Waals surface area contributed by atoms with Gasteiger partial charge in [0.1, 0.15) is 5.75 Å². The van der Waals surface area contributed by atoms with Crippen LogP contribution in [0.15, 0.2) is 42.5 Å². The van der Waals surface area contributed by atoms with Crippen molar-refractivity contribution in [3.8, 4) is 5.75 Å². The molecule has 0 saturated heterocycles. The van der Waals surface area contributed by atoms with Gasteiger partial charge in [-0.2, -0.15) is 0 Å². The molecule has 0 fully saturated rings. The third kappa shape index (κ3) is 3.19. The number of hydrogen-bond acceptors (Lipinski definition) is 5. The van der Waals surface area contributed by atoms with Gasteiger partial charge in [-0.05, 0) is 30.3 Å². The van der Waals surface area contributed by atoms with Crippen molar-refractivity contribution in [2.75, 3.05) is 24.3 Å². The number of methoxy groups -OCH3 is 1. The Labute approximate surface area is 138 Å². The van der Waals surface area contributed by atoms with Gasteiger partial charge in [0.2, 0.25) is 5.91 Å². The SMILES string of the molecule is COc1cccc(NCC(=O)Nc2ccc3c(c2)C(=O)NC3=O)c1. The van der Waals surface area contributed by atoms with Gasteiger partial charge in [0, 0.05) is 17.4 Å². The van der Waals surface area contributed by atoms with Gasteiger partial charge >= 0.3 is 0 Å².